The van der Waals surface area contributed by atoms with E-state index < -0.39 is 21.5 Å². The highest BCUT2D eigenvalue weighted by atomic mass is 32.2. The maximum absolute atomic E-state index is 12.1. The SMILES string of the molecule is CC(=O)c1ccc2c(c1)S(=O)(=O)CC(=O)N2C(C)C. The molecule has 1 aromatic rings. The minimum atomic E-state index is -3.66. The molecule has 0 fully saturated rings. The third-order valence-corrected chi connectivity index (χ3v) is 4.68. The van der Waals surface area contributed by atoms with Crippen LogP contribution < -0.4 is 4.90 Å². The van der Waals surface area contributed by atoms with E-state index >= 15 is 0 Å². The number of rotatable bonds is 2. The van der Waals surface area contributed by atoms with Crippen LogP contribution in [0.1, 0.15) is 31.1 Å². The molecule has 1 amide bonds. The van der Waals surface area contributed by atoms with E-state index in [0.29, 0.717) is 11.3 Å². The molecule has 1 aliphatic heterocycles. The molecule has 2 rings (SSSR count). The third kappa shape index (κ3) is 2.28. The summed E-state index contributed by atoms with van der Waals surface area (Å²) in [6, 6.07) is 4.30. The van der Waals surface area contributed by atoms with Gasteiger partial charge in [0.25, 0.3) is 0 Å². The van der Waals surface area contributed by atoms with Crippen LogP contribution in [0.4, 0.5) is 5.69 Å². The van der Waals surface area contributed by atoms with E-state index in [2.05, 4.69) is 0 Å². The van der Waals surface area contributed by atoms with Crippen molar-refractivity contribution in [1.29, 1.82) is 0 Å². The zero-order valence-electron chi connectivity index (χ0n) is 11.0. The molecule has 5 nitrogen and oxygen atoms in total. The van der Waals surface area contributed by atoms with Gasteiger partial charge in [-0.1, -0.05) is 0 Å². The summed E-state index contributed by atoms with van der Waals surface area (Å²) in [5, 5.41) is 0. The Bertz CT molecular complexity index is 661. The molecule has 0 saturated heterocycles. The number of nitrogens with zero attached hydrogens (tertiary/aromatic N) is 1. The molecule has 0 aliphatic carbocycles. The predicted molar refractivity (Wildman–Crippen MR) is 71.1 cm³/mol. The van der Waals surface area contributed by atoms with Crippen molar-refractivity contribution in [2.24, 2.45) is 0 Å². The van der Waals surface area contributed by atoms with E-state index in [9.17, 15) is 18.0 Å². The molecule has 1 aromatic carbocycles. The van der Waals surface area contributed by atoms with Crippen molar-refractivity contribution in [3.05, 3.63) is 23.8 Å². The average Bonchev–Trinajstić information content (AvgIpc) is 2.26. The van der Waals surface area contributed by atoms with Crippen LogP contribution in [0.2, 0.25) is 0 Å². The molecular formula is C13H15NO4S. The Morgan fingerprint density at radius 2 is 1.95 bits per heavy atom. The number of ketones is 1. The second-order valence-corrected chi connectivity index (χ2v) is 6.81. The van der Waals surface area contributed by atoms with Crippen LogP contribution in [0.15, 0.2) is 23.1 Å². The van der Waals surface area contributed by atoms with Gasteiger partial charge in [0.05, 0.1) is 10.6 Å². The summed E-state index contributed by atoms with van der Waals surface area (Å²) in [5.41, 5.74) is 0.691. The van der Waals surface area contributed by atoms with Crippen molar-refractivity contribution in [3.8, 4) is 0 Å². The molecule has 6 heteroatoms. The molecule has 0 radical (unpaired) electrons. The first-order chi connectivity index (χ1) is 8.74. The molecule has 0 spiro atoms. The van der Waals surface area contributed by atoms with Crippen LogP contribution in [0.3, 0.4) is 0 Å². The molecule has 1 aliphatic rings. The van der Waals surface area contributed by atoms with Crippen molar-refractivity contribution < 1.29 is 18.0 Å². The van der Waals surface area contributed by atoms with Gasteiger partial charge < -0.3 is 4.90 Å². The van der Waals surface area contributed by atoms with Gasteiger partial charge in [-0.2, -0.15) is 0 Å². The monoisotopic (exact) mass is 281 g/mol. The Morgan fingerprint density at radius 1 is 1.32 bits per heavy atom. The van der Waals surface area contributed by atoms with Gasteiger partial charge in [0, 0.05) is 11.6 Å². The van der Waals surface area contributed by atoms with Gasteiger partial charge in [0.1, 0.15) is 5.75 Å². The number of carbonyl (C=O) groups is 2. The van der Waals surface area contributed by atoms with E-state index in [4.69, 9.17) is 0 Å². The first kappa shape index (κ1) is 13.7. The van der Waals surface area contributed by atoms with E-state index in [1.807, 2.05) is 13.8 Å². The van der Waals surface area contributed by atoms with Crippen molar-refractivity contribution in [2.75, 3.05) is 10.7 Å². The van der Waals surface area contributed by atoms with Crippen LogP contribution in [-0.2, 0) is 14.6 Å². The fraction of sp³-hybridized carbons (Fsp3) is 0.385. The number of anilines is 1. The minimum absolute atomic E-state index is 0.0634. The van der Waals surface area contributed by atoms with E-state index in [1.165, 1.54) is 24.0 Å². The van der Waals surface area contributed by atoms with Crippen LogP contribution in [0.25, 0.3) is 0 Å². The van der Waals surface area contributed by atoms with Crippen molar-refractivity contribution in [3.63, 3.8) is 0 Å². The first-order valence-electron chi connectivity index (χ1n) is 5.94. The highest BCUT2D eigenvalue weighted by molar-refractivity contribution is 7.92. The Labute approximate surface area is 112 Å². The zero-order valence-corrected chi connectivity index (χ0v) is 11.8. The lowest BCUT2D eigenvalue weighted by molar-refractivity contribution is -0.116. The number of carbonyl (C=O) groups excluding carboxylic acids is 2. The number of hydrogen-bond donors (Lipinski definition) is 0. The van der Waals surface area contributed by atoms with Crippen LogP contribution in [0.5, 0.6) is 0 Å². The second kappa shape index (κ2) is 4.45. The summed E-state index contributed by atoms with van der Waals surface area (Å²) in [5.74, 6) is -1.18. The van der Waals surface area contributed by atoms with Crippen molar-refractivity contribution in [2.45, 2.75) is 31.7 Å². The summed E-state index contributed by atoms with van der Waals surface area (Å²) >= 11 is 0. The highest BCUT2D eigenvalue weighted by Gasteiger charge is 2.36. The summed E-state index contributed by atoms with van der Waals surface area (Å²) < 4.78 is 24.1. The van der Waals surface area contributed by atoms with Gasteiger partial charge in [-0.15, -0.1) is 0 Å². The van der Waals surface area contributed by atoms with Gasteiger partial charge in [-0.05, 0) is 39.0 Å². The van der Waals surface area contributed by atoms with Gasteiger partial charge in [-0.3, -0.25) is 9.59 Å². The van der Waals surface area contributed by atoms with Crippen LogP contribution in [-0.4, -0.2) is 31.9 Å². The smallest absolute Gasteiger partial charge is 0.242 e. The maximum atomic E-state index is 12.1. The summed E-state index contributed by atoms with van der Waals surface area (Å²) in [6.45, 7) is 5.01. The molecule has 0 N–H and O–H groups in total. The summed E-state index contributed by atoms with van der Waals surface area (Å²) in [7, 11) is -3.66. The molecule has 0 unspecified atom stereocenters. The van der Waals surface area contributed by atoms with Gasteiger partial charge in [0.15, 0.2) is 15.6 Å². The number of benzene rings is 1. The van der Waals surface area contributed by atoms with Gasteiger partial charge in [-0.25, -0.2) is 8.42 Å². The second-order valence-electron chi connectivity index (χ2n) is 4.86. The van der Waals surface area contributed by atoms with E-state index in [1.54, 1.807) is 6.07 Å². The Morgan fingerprint density at radius 3 is 2.47 bits per heavy atom. The minimum Gasteiger partial charge on any atom is -0.308 e. The topological polar surface area (TPSA) is 71.5 Å². The lowest BCUT2D eigenvalue weighted by atomic mass is 10.1. The summed E-state index contributed by atoms with van der Waals surface area (Å²) in [6.07, 6.45) is 0. The molecule has 0 saturated carbocycles. The number of Topliss-reactive ketones (excluding diaryl/α,β-unsaturated/α-hetero) is 1. The van der Waals surface area contributed by atoms with Crippen molar-refractivity contribution >= 4 is 27.2 Å². The quantitative estimate of drug-likeness (QED) is 0.769. The lowest BCUT2D eigenvalue weighted by Crippen LogP contribution is -2.44. The number of fused-ring (bicyclic) bond motifs is 1. The van der Waals surface area contributed by atoms with Crippen LogP contribution in [0, 0.1) is 0 Å². The maximum Gasteiger partial charge on any atom is 0.242 e. The Balaban J connectivity index is 2.71. The normalized spacial score (nSPS) is 17.5. The Kier molecular flexibility index (Phi) is 3.22. The fourth-order valence-electron chi connectivity index (χ4n) is 2.19. The molecule has 102 valence electrons. The zero-order chi connectivity index (χ0) is 14.4. The fourth-order valence-corrected chi connectivity index (χ4v) is 3.60. The van der Waals surface area contributed by atoms with Crippen molar-refractivity contribution in [1.82, 2.24) is 0 Å². The molecular weight excluding hydrogens is 266 g/mol. The molecule has 0 atom stereocenters. The molecule has 0 aromatic heterocycles. The number of hydrogen-bond acceptors (Lipinski definition) is 4. The van der Waals surface area contributed by atoms with E-state index in [-0.39, 0.29) is 16.7 Å². The highest BCUT2D eigenvalue weighted by Crippen LogP contribution is 2.33. The Hall–Kier alpha value is -1.69. The first-order valence-corrected chi connectivity index (χ1v) is 7.59. The molecule has 1 heterocycles. The van der Waals surface area contributed by atoms with Gasteiger partial charge >= 0.3 is 0 Å². The largest absolute Gasteiger partial charge is 0.308 e. The summed E-state index contributed by atoms with van der Waals surface area (Å²) in [4.78, 5) is 24.8. The predicted octanol–water partition coefficient (Wildman–Crippen LogP) is 1.42. The van der Waals surface area contributed by atoms with Gasteiger partial charge in [0.2, 0.25) is 5.91 Å². The average molecular weight is 281 g/mol. The standard InChI is InChI=1S/C13H15NO4S/c1-8(2)14-11-5-4-10(9(3)15)6-12(11)19(17,18)7-13(14)16/h4-6,8H,7H2,1-3H3. The van der Waals surface area contributed by atoms with Crippen LogP contribution >= 0.6 is 0 Å². The van der Waals surface area contributed by atoms with E-state index in [0.717, 1.165) is 0 Å². The molecule has 0 bridgehead atoms. The number of sulfone groups is 1. The third-order valence-electron chi connectivity index (χ3n) is 3.06. The molecule has 19 heavy (non-hydrogen) atoms. The lowest BCUT2D eigenvalue weighted by Gasteiger charge is -2.32. The number of amides is 1.